The first-order valence-electron chi connectivity index (χ1n) is 7.39. The first-order chi connectivity index (χ1) is 10.9. The largest absolute Gasteiger partial charge is 0.354 e. The van der Waals surface area contributed by atoms with Gasteiger partial charge in [-0.3, -0.25) is 0 Å². The van der Waals surface area contributed by atoms with E-state index in [4.69, 9.17) is 0 Å². The van der Waals surface area contributed by atoms with Gasteiger partial charge in [-0.25, -0.2) is 0 Å². The van der Waals surface area contributed by atoms with Crippen molar-refractivity contribution >= 4 is 32.8 Å². The summed E-state index contributed by atoms with van der Waals surface area (Å²) in [6.45, 7) is 0. The van der Waals surface area contributed by atoms with Crippen molar-refractivity contribution < 1.29 is 0 Å². The van der Waals surface area contributed by atoms with Crippen molar-refractivity contribution in [1.29, 1.82) is 0 Å². The summed E-state index contributed by atoms with van der Waals surface area (Å²) in [4.78, 5) is 1.36. The van der Waals surface area contributed by atoms with Crippen LogP contribution >= 0.6 is 11.3 Å². The molecule has 0 amide bonds. The van der Waals surface area contributed by atoms with E-state index in [1.807, 2.05) is 11.3 Å². The zero-order chi connectivity index (χ0) is 14.5. The van der Waals surface area contributed by atoms with E-state index < -0.39 is 0 Å². The summed E-state index contributed by atoms with van der Waals surface area (Å²) in [6.07, 6.45) is 0. The third-order valence-corrected chi connectivity index (χ3v) is 5.44. The highest BCUT2D eigenvalue weighted by atomic mass is 32.1. The first kappa shape index (κ1) is 12.0. The zero-order valence-corrected chi connectivity index (χ0v) is 12.7. The Hall–Kier alpha value is -2.58. The number of hydrogen-bond acceptors (Lipinski definition) is 2. The molecule has 1 aliphatic heterocycles. The van der Waals surface area contributed by atoms with Crippen LogP contribution in [0.25, 0.3) is 31.7 Å². The lowest BCUT2D eigenvalue weighted by molar-refractivity contribution is 1.57. The van der Waals surface area contributed by atoms with Gasteiger partial charge in [0.25, 0.3) is 0 Å². The number of hydrogen-bond donors (Lipinski definition) is 1. The Balaban J connectivity index is 2.00. The predicted octanol–water partition coefficient (Wildman–Crippen LogP) is 6.29. The van der Waals surface area contributed by atoms with Crippen LogP contribution in [0.4, 0.5) is 11.4 Å². The maximum absolute atomic E-state index is 3.61. The van der Waals surface area contributed by atoms with E-state index >= 15 is 0 Å². The van der Waals surface area contributed by atoms with Gasteiger partial charge in [-0.05, 0) is 18.2 Å². The van der Waals surface area contributed by atoms with Crippen LogP contribution in [0.3, 0.4) is 0 Å². The van der Waals surface area contributed by atoms with Gasteiger partial charge >= 0.3 is 0 Å². The number of para-hydroxylation sites is 2. The summed E-state index contributed by atoms with van der Waals surface area (Å²) < 4.78 is 1.35. The second kappa shape index (κ2) is 4.46. The zero-order valence-electron chi connectivity index (χ0n) is 11.8. The maximum atomic E-state index is 3.61. The molecule has 1 N–H and O–H groups in total. The molecule has 3 aromatic carbocycles. The molecule has 1 nitrogen and oxygen atoms in total. The summed E-state index contributed by atoms with van der Waals surface area (Å²) in [6, 6.07) is 25.9. The molecule has 0 bridgehead atoms. The van der Waals surface area contributed by atoms with Crippen molar-refractivity contribution in [2.24, 2.45) is 0 Å². The Morgan fingerprint density at radius 1 is 0.636 bits per heavy atom. The molecule has 104 valence electrons. The minimum absolute atomic E-state index is 1.18. The fourth-order valence-electron chi connectivity index (χ4n) is 3.25. The van der Waals surface area contributed by atoms with Gasteiger partial charge in [0.05, 0.1) is 0 Å². The summed E-state index contributed by atoms with van der Waals surface area (Å²) in [7, 11) is 0. The Labute approximate surface area is 132 Å². The number of thiophene rings is 1. The Bertz CT molecular complexity index is 1010. The lowest BCUT2D eigenvalue weighted by Gasteiger charge is -2.09. The number of fused-ring (bicyclic) bond motifs is 7. The van der Waals surface area contributed by atoms with Crippen molar-refractivity contribution in [2.75, 3.05) is 5.32 Å². The Morgan fingerprint density at radius 3 is 2.14 bits per heavy atom. The predicted molar refractivity (Wildman–Crippen MR) is 96.0 cm³/mol. The van der Waals surface area contributed by atoms with Gasteiger partial charge in [-0.15, -0.1) is 11.3 Å². The molecule has 0 aliphatic carbocycles. The van der Waals surface area contributed by atoms with Crippen LogP contribution in [0, 0.1) is 0 Å². The van der Waals surface area contributed by atoms with Crippen LogP contribution in [-0.4, -0.2) is 0 Å². The smallest absolute Gasteiger partial charge is 0.0472 e. The van der Waals surface area contributed by atoms with E-state index in [-0.39, 0.29) is 0 Å². The van der Waals surface area contributed by atoms with Gasteiger partial charge in [-0.1, -0.05) is 54.6 Å². The third-order valence-electron chi connectivity index (χ3n) is 4.23. The molecule has 0 fully saturated rings. The van der Waals surface area contributed by atoms with Crippen LogP contribution in [-0.2, 0) is 0 Å². The second-order valence-electron chi connectivity index (χ2n) is 5.52. The Kier molecular flexibility index (Phi) is 2.43. The fourth-order valence-corrected chi connectivity index (χ4v) is 4.50. The molecule has 5 rings (SSSR count). The quantitative estimate of drug-likeness (QED) is 0.354. The maximum Gasteiger partial charge on any atom is 0.0472 e. The van der Waals surface area contributed by atoms with E-state index in [0.717, 1.165) is 0 Å². The molecule has 0 saturated carbocycles. The van der Waals surface area contributed by atoms with Crippen molar-refractivity contribution in [3.8, 4) is 21.6 Å². The Morgan fingerprint density at radius 2 is 1.27 bits per heavy atom. The number of anilines is 2. The molecular weight excluding hydrogens is 286 g/mol. The van der Waals surface area contributed by atoms with Gasteiger partial charge in [-0.2, -0.15) is 0 Å². The fraction of sp³-hybridized carbons (Fsp3) is 0. The number of benzene rings is 3. The highest BCUT2D eigenvalue weighted by molar-refractivity contribution is 7.23. The molecule has 4 aromatic rings. The lowest BCUT2D eigenvalue weighted by Crippen LogP contribution is -1.91. The average molecular weight is 299 g/mol. The minimum atomic E-state index is 1.18. The van der Waals surface area contributed by atoms with Gasteiger partial charge in [0.15, 0.2) is 0 Å². The van der Waals surface area contributed by atoms with Gasteiger partial charge in [0, 0.05) is 43.0 Å². The monoisotopic (exact) mass is 299 g/mol. The van der Waals surface area contributed by atoms with E-state index in [2.05, 4.69) is 78.1 Å². The van der Waals surface area contributed by atoms with Gasteiger partial charge in [0.2, 0.25) is 0 Å². The summed E-state index contributed by atoms with van der Waals surface area (Å²) in [5.41, 5.74) is 6.28. The molecule has 2 heterocycles. The average Bonchev–Trinajstić information content (AvgIpc) is 2.89. The third kappa shape index (κ3) is 1.59. The van der Waals surface area contributed by atoms with Crippen molar-refractivity contribution in [1.82, 2.24) is 0 Å². The summed E-state index contributed by atoms with van der Waals surface area (Å²) >= 11 is 1.88. The van der Waals surface area contributed by atoms with Crippen molar-refractivity contribution in [2.45, 2.75) is 0 Å². The highest BCUT2D eigenvalue weighted by Gasteiger charge is 2.22. The van der Waals surface area contributed by atoms with Crippen LogP contribution in [0.15, 0.2) is 72.8 Å². The van der Waals surface area contributed by atoms with Crippen LogP contribution in [0.2, 0.25) is 0 Å². The minimum Gasteiger partial charge on any atom is -0.354 e. The van der Waals surface area contributed by atoms with Crippen molar-refractivity contribution in [3.05, 3.63) is 72.8 Å². The lowest BCUT2D eigenvalue weighted by atomic mass is 9.99. The SMILES string of the molecule is c1ccc2c(c1)Nc1ccccc1-c1c-2sc2ccccc12. The van der Waals surface area contributed by atoms with Crippen molar-refractivity contribution in [3.63, 3.8) is 0 Å². The summed E-state index contributed by atoms with van der Waals surface area (Å²) in [5, 5.41) is 4.95. The van der Waals surface area contributed by atoms with E-state index in [1.165, 1.54) is 43.0 Å². The van der Waals surface area contributed by atoms with E-state index in [1.54, 1.807) is 0 Å². The normalized spacial score (nSPS) is 12.0. The molecule has 2 heteroatoms. The van der Waals surface area contributed by atoms with Gasteiger partial charge in [0.1, 0.15) is 0 Å². The standard InChI is InChI=1S/C20H13NS/c1-4-10-16-13(7-1)19-15-9-3-6-12-18(15)22-20(19)14-8-2-5-11-17(14)21-16/h1-12,21H. The van der Waals surface area contributed by atoms with Crippen LogP contribution < -0.4 is 5.32 Å². The molecule has 1 aromatic heterocycles. The van der Waals surface area contributed by atoms with Gasteiger partial charge < -0.3 is 5.32 Å². The van der Waals surface area contributed by atoms with E-state index in [9.17, 15) is 0 Å². The van der Waals surface area contributed by atoms with Crippen LogP contribution in [0.5, 0.6) is 0 Å². The second-order valence-corrected chi connectivity index (χ2v) is 6.57. The summed E-state index contributed by atoms with van der Waals surface area (Å²) in [5.74, 6) is 0. The first-order valence-corrected chi connectivity index (χ1v) is 8.21. The molecule has 1 aliphatic rings. The van der Waals surface area contributed by atoms with Crippen LogP contribution in [0.1, 0.15) is 0 Å². The molecule has 0 atom stereocenters. The topological polar surface area (TPSA) is 12.0 Å². The number of rotatable bonds is 0. The molecule has 0 unspecified atom stereocenters. The highest BCUT2D eigenvalue weighted by Crippen LogP contribution is 2.51. The van der Waals surface area contributed by atoms with E-state index in [0.29, 0.717) is 0 Å². The number of nitrogens with one attached hydrogen (secondary N) is 1. The molecule has 0 saturated heterocycles. The molecule has 22 heavy (non-hydrogen) atoms. The molecular formula is C20H13NS. The molecule has 0 radical (unpaired) electrons. The molecule has 0 spiro atoms.